The molecule has 10 rings (SSSR count). The molecule has 1 nitrogen and oxygen atoms in total. The molecule has 0 N–H and O–H groups in total. The van der Waals surface area contributed by atoms with Crippen LogP contribution in [0.5, 0.6) is 0 Å². The Morgan fingerprint density at radius 3 is 1.56 bits per heavy atom. The normalized spacial score (nSPS) is 13.7. The number of fused-ring (bicyclic) bond motifs is 9. The summed E-state index contributed by atoms with van der Waals surface area (Å²) in [6, 6.07) is 64.6. The predicted octanol–water partition coefficient (Wildman–Crippen LogP) is 12.1. The van der Waals surface area contributed by atoms with Gasteiger partial charge in [-0.2, -0.15) is 0 Å². The lowest BCUT2D eigenvalue weighted by atomic mass is 9.61. The lowest BCUT2D eigenvalue weighted by molar-refractivity contribution is 0.592. The zero-order chi connectivity index (χ0) is 36.3. The molecule has 0 saturated heterocycles. The van der Waals surface area contributed by atoms with Crippen molar-refractivity contribution in [1.82, 2.24) is 0 Å². The van der Waals surface area contributed by atoms with Gasteiger partial charge in [0.15, 0.2) is 7.14 Å². The third kappa shape index (κ3) is 4.55. The number of allylic oxidation sites excluding steroid dienone is 3. The van der Waals surface area contributed by atoms with E-state index in [4.69, 9.17) is 0 Å². The van der Waals surface area contributed by atoms with Crippen molar-refractivity contribution in [1.29, 1.82) is 0 Å². The molecular weight excluding hydrogens is 672 g/mol. The molecule has 0 heterocycles. The Balaban J connectivity index is 1.26. The molecule has 0 fully saturated rings. The molecule has 2 aliphatic rings. The van der Waals surface area contributed by atoms with Gasteiger partial charge in [0.1, 0.15) is 0 Å². The highest BCUT2D eigenvalue weighted by atomic mass is 31.2. The van der Waals surface area contributed by atoms with Crippen LogP contribution in [-0.4, -0.2) is 0 Å². The molecule has 0 atom stereocenters. The van der Waals surface area contributed by atoms with Gasteiger partial charge in [-0.1, -0.05) is 200 Å². The van der Waals surface area contributed by atoms with Gasteiger partial charge < -0.3 is 4.57 Å². The first-order valence-electron chi connectivity index (χ1n) is 18.7. The minimum atomic E-state index is -3.11. The maximum absolute atomic E-state index is 15.3. The van der Waals surface area contributed by atoms with Crippen LogP contribution in [0.4, 0.5) is 0 Å². The van der Waals surface area contributed by atoms with Crippen molar-refractivity contribution in [3.05, 3.63) is 228 Å². The van der Waals surface area contributed by atoms with E-state index in [0.717, 1.165) is 27.0 Å². The maximum atomic E-state index is 15.3. The van der Waals surface area contributed by atoms with Crippen molar-refractivity contribution in [3.8, 4) is 33.4 Å². The summed E-state index contributed by atoms with van der Waals surface area (Å²) in [6.07, 6.45) is 8.58. The van der Waals surface area contributed by atoms with E-state index >= 15 is 4.57 Å². The highest BCUT2D eigenvalue weighted by Gasteiger charge is 2.50. The summed E-state index contributed by atoms with van der Waals surface area (Å²) >= 11 is 0. The monoisotopic (exact) mass is 708 g/mol. The summed E-state index contributed by atoms with van der Waals surface area (Å²) in [7, 11) is -3.11. The van der Waals surface area contributed by atoms with Crippen LogP contribution in [0.25, 0.3) is 50.2 Å². The average Bonchev–Trinajstić information content (AvgIpc) is 3.54. The summed E-state index contributed by atoms with van der Waals surface area (Å²) in [5.74, 6) is 0. The summed E-state index contributed by atoms with van der Waals surface area (Å²) in [6.45, 7) is 2.05. The predicted molar refractivity (Wildman–Crippen MR) is 229 cm³/mol. The quantitative estimate of drug-likeness (QED) is 0.124. The third-order valence-electron chi connectivity index (χ3n) is 11.5. The maximum Gasteiger partial charge on any atom is 0.171 e. The second kappa shape index (κ2) is 12.7. The molecule has 0 unspecified atom stereocenters. The smallest absolute Gasteiger partial charge is 0.171 e. The van der Waals surface area contributed by atoms with Crippen molar-refractivity contribution in [2.24, 2.45) is 0 Å². The van der Waals surface area contributed by atoms with Crippen LogP contribution in [0.2, 0.25) is 0 Å². The van der Waals surface area contributed by atoms with Gasteiger partial charge in [-0.3, -0.25) is 0 Å². The number of hydrogen-bond acceptors (Lipinski definition) is 1. The summed E-state index contributed by atoms with van der Waals surface area (Å²) in [4.78, 5) is 0. The fourth-order valence-electron chi connectivity index (χ4n) is 9.30. The van der Waals surface area contributed by atoms with Crippen LogP contribution < -0.4 is 15.9 Å². The highest BCUT2D eigenvalue weighted by Crippen LogP contribution is 2.62. The van der Waals surface area contributed by atoms with E-state index in [1.54, 1.807) is 0 Å². The molecular formula is C52H37OP. The Labute approximate surface area is 317 Å². The van der Waals surface area contributed by atoms with Gasteiger partial charge >= 0.3 is 0 Å². The zero-order valence-electron chi connectivity index (χ0n) is 30.0. The molecule has 0 aliphatic heterocycles. The molecule has 8 aromatic rings. The number of benzene rings is 8. The summed E-state index contributed by atoms with van der Waals surface area (Å²) in [5.41, 5.74) is 13.4. The number of rotatable bonds is 6. The molecule has 54 heavy (non-hydrogen) atoms. The van der Waals surface area contributed by atoms with Crippen LogP contribution in [-0.2, 0) is 9.98 Å². The van der Waals surface area contributed by atoms with Crippen LogP contribution >= 0.6 is 7.14 Å². The van der Waals surface area contributed by atoms with Crippen LogP contribution in [0.3, 0.4) is 0 Å². The molecule has 2 aliphatic carbocycles. The van der Waals surface area contributed by atoms with Crippen LogP contribution in [0.1, 0.15) is 34.7 Å². The van der Waals surface area contributed by atoms with Gasteiger partial charge in [0.05, 0.1) is 5.41 Å². The molecule has 0 amide bonds. The zero-order valence-corrected chi connectivity index (χ0v) is 30.9. The van der Waals surface area contributed by atoms with E-state index in [-0.39, 0.29) is 0 Å². The van der Waals surface area contributed by atoms with Crippen molar-refractivity contribution in [2.45, 2.75) is 12.3 Å². The molecule has 8 aromatic carbocycles. The van der Waals surface area contributed by atoms with Crippen molar-refractivity contribution in [2.75, 3.05) is 0 Å². The Morgan fingerprint density at radius 2 is 0.963 bits per heavy atom. The number of hydrogen-bond donors (Lipinski definition) is 0. The Hall–Kier alpha value is -6.27. The Bertz CT molecular complexity index is 2760. The second-order valence-corrected chi connectivity index (χ2v) is 17.0. The van der Waals surface area contributed by atoms with E-state index in [1.165, 1.54) is 60.8 Å². The van der Waals surface area contributed by atoms with Crippen molar-refractivity contribution >= 4 is 39.9 Å². The van der Waals surface area contributed by atoms with Gasteiger partial charge in [-0.25, -0.2) is 0 Å². The fraction of sp³-hybridized carbons (Fsp3) is 0.0385. The topological polar surface area (TPSA) is 17.1 Å². The molecule has 2 heteroatoms. The molecule has 0 radical (unpaired) electrons. The summed E-state index contributed by atoms with van der Waals surface area (Å²) in [5, 5.41) is 4.99. The minimum Gasteiger partial charge on any atom is -0.309 e. The lowest BCUT2D eigenvalue weighted by Crippen LogP contribution is -2.32. The van der Waals surface area contributed by atoms with E-state index in [1.807, 2.05) is 60.7 Å². The van der Waals surface area contributed by atoms with Gasteiger partial charge in [-0.15, -0.1) is 0 Å². The SMILES string of the molecule is C/C=C\C=C/c1cc(-c2ccc(P(=O)(c3ccccc3)c3ccccc3)cc2)c2cccc3c2c1-c1ccccc1C31c2ccccc2-c2ccccc21. The first kappa shape index (κ1) is 32.4. The largest absolute Gasteiger partial charge is 0.309 e. The fourth-order valence-corrected chi connectivity index (χ4v) is 11.9. The van der Waals surface area contributed by atoms with Crippen molar-refractivity contribution in [3.63, 3.8) is 0 Å². The van der Waals surface area contributed by atoms with Gasteiger partial charge in [0, 0.05) is 15.9 Å². The van der Waals surface area contributed by atoms with E-state index in [0.29, 0.717) is 0 Å². The average molecular weight is 709 g/mol. The van der Waals surface area contributed by atoms with Crippen molar-refractivity contribution < 1.29 is 4.57 Å². The molecule has 0 bridgehead atoms. The van der Waals surface area contributed by atoms with Crippen LogP contribution in [0, 0.1) is 0 Å². The van der Waals surface area contributed by atoms with Gasteiger partial charge in [0.25, 0.3) is 0 Å². The first-order valence-corrected chi connectivity index (χ1v) is 20.4. The van der Waals surface area contributed by atoms with Crippen LogP contribution in [0.15, 0.2) is 200 Å². The molecule has 0 aromatic heterocycles. The van der Waals surface area contributed by atoms with E-state index < -0.39 is 12.6 Å². The second-order valence-electron chi connectivity index (χ2n) is 14.2. The Kier molecular flexibility index (Phi) is 7.61. The molecule has 0 saturated carbocycles. The first-order chi connectivity index (χ1) is 26.7. The Morgan fingerprint density at radius 1 is 0.463 bits per heavy atom. The van der Waals surface area contributed by atoms with Gasteiger partial charge in [-0.05, 0) is 85.0 Å². The third-order valence-corrected chi connectivity index (χ3v) is 14.6. The molecule has 256 valence electrons. The minimum absolute atomic E-state index is 0.471. The molecule has 1 spiro atoms. The van der Waals surface area contributed by atoms with E-state index in [2.05, 4.69) is 153 Å². The highest BCUT2D eigenvalue weighted by molar-refractivity contribution is 7.85. The van der Waals surface area contributed by atoms with E-state index in [9.17, 15) is 0 Å². The van der Waals surface area contributed by atoms with Gasteiger partial charge in [0.2, 0.25) is 0 Å². The standard InChI is InChI=1S/C52H37OP/c1-2-3-6-18-37-35-45(36-31-33-40(34-32-36)54(53,38-19-7-4-8-20-38)39-21-9-5-10-22-39)43-26-17-30-49-51(43)50(37)44-25-13-16-29-48(44)52(49)46-27-14-11-23-41(46)42-24-12-15-28-47(42)52/h2-35H,1H3/b3-2-,18-6-. The lowest BCUT2D eigenvalue weighted by Gasteiger charge is -2.40. The summed E-state index contributed by atoms with van der Waals surface area (Å²) < 4.78 is 15.3.